The summed E-state index contributed by atoms with van der Waals surface area (Å²) in [5, 5.41) is 2.66. The van der Waals surface area contributed by atoms with Gasteiger partial charge in [0.1, 0.15) is 11.8 Å². The van der Waals surface area contributed by atoms with Crippen LogP contribution in [-0.2, 0) is 16.1 Å². The largest absolute Gasteiger partial charge is 0.484 e. The van der Waals surface area contributed by atoms with Crippen LogP contribution in [-0.4, -0.2) is 36.4 Å². The minimum Gasteiger partial charge on any atom is -0.484 e. The average Bonchev–Trinajstić information content (AvgIpc) is 2.67. The summed E-state index contributed by atoms with van der Waals surface area (Å²) in [6.07, 6.45) is 0.530. The highest BCUT2D eigenvalue weighted by Gasteiger charge is 2.28. The van der Waals surface area contributed by atoms with Crippen molar-refractivity contribution in [3.8, 4) is 5.75 Å². The van der Waals surface area contributed by atoms with E-state index < -0.39 is 6.04 Å². The average molecular weight is 368 g/mol. The number of likely N-dealkylation sites (N-methyl/N-ethyl adjacent to an activating group) is 1. The Morgan fingerprint density at radius 2 is 1.85 bits per heavy atom. The Morgan fingerprint density at radius 1 is 1.11 bits per heavy atom. The fraction of sp³-hybridized carbons (Fsp3) is 0.364. The normalized spacial score (nSPS) is 11.6. The van der Waals surface area contributed by atoms with Gasteiger partial charge in [0.15, 0.2) is 6.61 Å². The van der Waals surface area contributed by atoms with Crippen LogP contribution in [0.25, 0.3) is 0 Å². The molecule has 2 aromatic carbocycles. The molecule has 1 N–H and O–H groups in total. The summed E-state index contributed by atoms with van der Waals surface area (Å²) >= 11 is 0. The number of carbonyl (C=O) groups excluding carboxylic acids is 2. The molecule has 5 nitrogen and oxygen atoms in total. The highest BCUT2D eigenvalue weighted by molar-refractivity contribution is 5.88. The number of carbonyl (C=O) groups is 2. The summed E-state index contributed by atoms with van der Waals surface area (Å²) in [5.41, 5.74) is 3.17. The minimum absolute atomic E-state index is 0.108. The lowest BCUT2D eigenvalue weighted by atomic mass is 10.1. The second kappa shape index (κ2) is 9.76. The summed E-state index contributed by atoms with van der Waals surface area (Å²) in [6.45, 7) is 6.14. The number of rotatable bonds is 8. The highest BCUT2D eigenvalue weighted by Crippen LogP contribution is 2.17. The van der Waals surface area contributed by atoms with Crippen molar-refractivity contribution in [2.24, 2.45) is 0 Å². The molecule has 5 heteroatoms. The van der Waals surface area contributed by atoms with Crippen LogP contribution in [0.5, 0.6) is 5.75 Å². The molecule has 0 spiro atoms. The van der Waals surface area contributed by atoms with Crippen LogP contribution in [0.1, 0.15) is 30.0 Å². The van der Waals surface area contributed by atoms with Crippen molar-refractivity contribution in [3.05, 3.63) is 65.2 Å². The molecule has 0 aliphatic carbocycles. The van der Waals surface area contributed by atoms with E-state index in [0.29, 0.717) is 18.7 Å². The maximum atomic E-state index is 13.0. The van der Waals surface area contributed by atoms with Crippen molar-refractivity contribution in [2.45, 2.75) is 39.8 Å². The smallest absolute Gasteiger partial charge is 0.261 e. The Morgan fingerprint density at radius 3 is 2.48 bits per heavy atom. The molecule has 0 bridgehead atoms. The van der Waals surface area contributed by atoms with E-state index in [4.69, 9.17) is 4.74 Å². The Bertz CT molecular complexity index is 789. The standard InChI is InChI=1S/C22H28N2O3/c1-5-20(22(26)23-4)24(14-18-11-7-6-10-17(18)3)21(25)15-27-19-12-8-9-16(2)13-19/h6-13,20H,5,14-15H2,1-4H3,(H,23,26). The van der Waals surface area contributed by atoms with Crippen LogP contribution in [0.2, 0.25) is 0 Å². The zero-order chi connectivity index (χ0) is 19.8. The molecule has 0 aromatic heterocycles. The summed E-state index contributed by atoms with van der Waals surface area (Å²) in [4.78, 5) is 26.9. The van der Waals surface area contributed by atoms with Gasteiger partial charge in [-0.3, -0.25) is 9.59 Å². The predicted octanol–water partition coefficient (Wildman–Crippen LogP) is 3.24. The van der Waals surface area contributed by atoms with Crippen molar-refractivity contribution >= 4 is 11.8 Å². The molecule has 0 aliphatic heterocycles. The van der Waals surface area contributed by atoms with E-state index in [0.717, 1.165) is 16.7 Å². The summed E-state index contributed by atoms with van der Waals surface area (Å²) in [7, 11) is 1.59. The lowest BCUT2D eigenvalue weighted by Crippen LogP contribution is -2.49. The van der Waals surface area contributed by atoms with Crippen LogP contribution >= 0.6 is 0 Å². The lowest BCUT2D eigenvalue weighted by molar-refractivity contribution is -0.142. The fourth-order valence-corrected chi connectivity index (χ4v) is 2.99. The molecule has 0 fully saturated rings. The number of aryl methyl sites for hydroxylation is 2. The topological polar surface area (TPSA) is 58.6 Å². The van der Waals surface area contributed by atoms with Crippen LogP contribution in [0, 0.1) is 13.8 Å². The van der Waals surface area contributed by atoms with Gasteiger partial charge in [0.25, 0.3) is 5.91 Å². The van der Waals surface area contributed by atoms with E-state index in [1.807, 2.05) is 69.3 Å². The van der Waals surface area contributed by atoms with Crippen molar-refractivity contribution in [1.82, 2.24) is 10.2 Å². The molecule has 2 rings (SSSR count). The van der Waals surface area contributed by atoms with E-state index in [1.165, 1.54) is 0 Å². The summed E-state index contributed by atoms with van der Waals surface area (Å²) in [6, 6.07) is 14.9. The van der Waals surface area contributed by atoms with Crippen molar-refractivity contribution in [2.75, 3.05) is 13.7 Å². The number of nitrogens with one attached hydrogen (secondary N) is 1. The molecule has 144 valence electrons. The van der Waals surface area contributed by atoms with Gasteiger partial charge in [-0.1, -0.05) is 43.3 Å². The van der Waals surface area contributed by atoms with Crippen molar-refractivity contribution in [3.63, 3.8) is 0 Å². The predicted molar refractivity (Wildman–Crippen MR) is 107 cm³/mol. The second-order valence-electron chi connectivity index (χ2n) is 6.59. The third-order valence-electron chi connectivity index (χ3n) is 4.59. The van der Waals surface area contributed by atoms with Gasteiger partial charge in [0.05, 0.1) is 0 Å². The maximum absolute atomic E-state index is 13.0. The molecule has 2 amide bonds. The first-order valence-electron chi connectivity index (χ1n) is 9.21. The number of nitrogens with zero attached hydrogens (tertiary/aromatic N) is 1. The monoisotopic (exact) mass is 368 g/mol. The molecule has 0 aliphatic rings. The second-order valence-corrected chi connectivity index (χ2v) is 6.59. The number of hydrogen-bond acceptors (Lipinski definition) is 3. The fourth-order valence-electron chi connectivity index (χ4n) is 2.99. The van der Waals surface area contributed by atoms with E-state index in [1.54, 1.807) is 11.9 Å². The van der Waals surface area contributed by atoms with Crippen LogP contribution in [0.4, 0.5) is 0 Å². The summed E-state index contributed by atoms with van der Waals surface area (Å²) in [5.74, 6) is 0.261. The Labute approximate surface area is 161 Å². The van der Waals surface area contributed by atoms with Gasteiger partial charge in [-0.05, 0) is 49.1 Å². The van der Waals surface area contributed by atoms with E-state index in [-0.39, 0.29) is 18.4 Å². The first kappa shape index (κ1) is 20.5. The molecule has 0 saturated carbocycles. The van der Waals surface area contributed by atoms with Gasteiger partial charge in [0.2, 0.25) is 5.91 Å². The molecule has 27 heavy (non-hydrogen) atoms. The SMILES string of the molecule is CCC(C(=O)NC)N(Cc1ccccc1C)C(=O)COc1cccc(C)c1. The number of hydrogen-bond donors (Lipinski definition) is 1. The first-order valence-corrected chi connectivity index (χ1v) is 9.21. The lowest BCUT2D eigenvalue weighted by Gasteiger charge is -2.30. The molecule has 0 saturated heterocycles. The third kappa shape index (κ3) is 5.58. The zero-order valence-electron chi connectivity index (χ0n) is 16.5. The molecular formula is C22H28N2O3. The Kier molecular flexibility index (Phi) is 7.41. The van der Waals surface area contributed by atoms with Crippen LogP contribution < -0.4 is 10.1 Å². The number of benzene rings is 2. The Hall–Kier alpha value is -2.82. The third-order valence-corrected chi connectivity index (χ3v) is 4.59. The van der Waals surface area contributed by atoms with Crippen LogP contribution in [0.15, 0.2) is 48.5 Å². The molecule has 0 radical (unpaired) electrons. The van der Waals surface area contributed by atoms with Gasteiger partial charge in [-0.2, -0.15) is 0 Å². The molecule has 1 atom stereocenters. The van der Waals surface area contributed by atoms with Crippen molar-refractivity contribution in [1.29, 1.82) is 0 Å². The van der Waals surface area contributed by atoms with Gasteiger partial charge < -0.3 is 15.0 Å². The van der Waals surface area contributed by atoms with Crippen LogP contribution in [0.3, 0.4) is 0 Å². The quantitative estimate of drug-likeness (QED) is 0.778. The van der Waals surface area contributed by atoms with Gasteiger partial charge in [0, 0.05) is 13.6 Å². The van der Waals surface area contributed by atoms with E-state index in [2.05, 4.69) is 5.32 Å². The molecule has 0 heterocycles. The summed E-state index contributed by atoms with van der Waals surface area (Å²) < 4.78 is 5.68. The number of ether oxygens (including phenoxy) is 1. The Balaban J connectivity index is 2.20. The number of amides is 2. The minimum atomic E-state index is -0.539. The molecular weight excluding hydrogens is 340 g/mol. The van der Waals surface area contributed by atoms with Gasteiger partial charge in [-0.25, -0.2) is 0 Å². The first-order chi connectivity index (χ1) is 13.0. The van der Waals surface area contributed by atoms with E-state index >= 15 is 0 Å². The van der Waals surface area contributed by atoms with E-state index in [9.17, 15) is 9.59 Å². The zero-order valence-corrected chi connectivity index (χ0v) is 16.5. The highest BCUT2D eigenvalue weighted by atomic mass is 16.5. The van der Waals surface area contributed by atoms with Crippen molar-refractivity contribution < 1.29 is 14.3 Å². The molecule has 1 unspecified atom stereocenters. The maximum Gasteiger partial charge on any atom is 0.261 e. The van der Waals surface area contributed by atoms with Gasteiger partial charge in [-0.15, -0.1) is 0 Å². The molecule has 2 aromatic rings. The van der Waals surface area contributed by atoms with Gasteiger partial charge >= 0.3 is 0 Å².